The Balaban J connectivity index is 1.66. The highest BCUT2D eigenvalue weighted by Gasteiger charge is 2.06. The third-order valence-electron chi connectivity index (χ3n) is 3.64. The fraction of sp³-hybridized carbons (Fsp3) is 0.0588. The van der Waals surface area contributed by atoms with Gasteiger partial charge in [-0.05, 0) is 42.8 Å². The average Bonchev–Trinajstić information content (AvgIpc) is 3.06. The monoisotopic (exact) mass is 320 g/mol. The van der Waals surface area contributed by atoms with Gasteiger partial charge in [0, 0.05) is 23.6 Å². The Morgan fingerprint density at radius 3 is 2.88 bits per heavy atom. The van der Waals surface area contributed by atoms with E-state index in [9.17, 15) is 4.39 Å². The molecule has 0 atom stereocenters. The summed E-state index contributed by atoms with van der Waals surface area (Å²) in [6.07, 6.45) is 4.99. The van der Waals surface area contributed by atoms with Crippen molar-refractivity contribution >= 4 is 22.8 Å². The number of nitrogens with zero attached hydrogens (tertiary/aromatic N) is 4. The van der Waals surface area contributed by atoms with Gasteiger partial charge in [-0.2, -0.15) is 0 Å². The third kappa shape index (κ3) is 2.67. The highest BCUT2D eigenvalue weighted by atomic mass is 19.1. The van der Waals surface area contributed by atoms with Crippen LogP contribution >= 0.6 is 0 Å². The Morgan fingerprint density at radius 2 is 2.00 bits per heavy atom. The summed E-state index contributed by atoms with van der Waals surface area (Å²) in [7, 11) is 0. The quantitative estimate of drug-likeness (QED) is 0.603. The van der Waals surface area contributed by atoms with Crippen LogP contribution in [0, 0.1) is 12.7 Å². The minimum atomic E-state index is -0.242. The fourth-order valence-corrected chi connectivity index (χ4v) is 2.40. The number of anilines is 2. The summed E-state index contributed by atoms with van der Waals surface area (Å²) in [5, 5.41) is 3.08. The SMILES string of the molecule is Cc1cc(Nc2nccc(-c3cnc4nc[nH]c4c3)n2)ccc1F. The third-order valence-corrected chi connectivity index (χ3v) is 3.64. The van der Waals surface area contributed by atoms with Crippen molar-refractivity contribution in [3.63, 3.8) is 0 Å². The number of halogens is 1. The standard InChI is InChI=1S/C17H13FN6/c1-10-6-12(2-3-13(10)18)23-17-19-5-4-14(24-17)11-7-15-16(20-8-11)22-9-21-15/h2-9H,1H3,(H,19,23,24)(H,20,21,22). The van der Waals surface area contributed by atoms with Crippen LogP contribution in [0.3, 0.4) is 0 Å². The Kier molecular flexibility index (Phi) is 3.38. The first kappa shape index (κ1) is 14.3. The number of pyridine rings is 1. The number of H-pyrrole nitrogens is 1. The van der Waals surface area contributed by atoms with E-state index in [1.807, 2.05) is 6.07 Å². The molecule has 0 aliphatic carbocycles. The van der Waals surface area contributed by atoms with Crippen molar-refractivity contribution in [1.29, 1.82) is 0 Å². The minimum absolute atomic E-state index is 0.242. The second-order valence-electron chi connectivity index (χ2n) is 5.35. The smallest absolute Gasteiger partial charge is 0.227 e. The molecule has 0 spiro atoms. The van der Waals surface area contributed by atoms with Gasteiger partial charge in [-0.3, -0.25) is 0 Å². The molecule has 2 N–H and O–H groups in total. The van der Waals surface area contributed by atoms with Gasteiger partial charge < -0.3 is 10.3 Å². The molecular weight excluding hydrogens is 307 g/mol. The predicted molar refractivity (Wildman–Crippen MR) is 89.3 cm³/mol. The lowest BCUT2D eigenvalue weighted by atomic mass is 10.2. The second-order valence-corrected chi connectivity index (χ2v) is 5.35. The number of aryl methyl sites for hydroxylation is 1. The summed E-state index contributed by atoms with van der Waals surface area (Å²) < 4.78 is 13.3. The second kappa shape index (κ2) is 5.69. The van der Waals surface area contributed by atoms with Crippen LogP contribution in [0.25, 0.3) is 22.4 Å². The van der Waals surface area contributed by atoms with Gasteiger partial charge in [0.1, 0.15) is 5.82 Å². The molecule has 0 amide bonds. The van der Waals surface area contributed by atoms with E-state index in [1.165, 1.54) is 6.07 Å². The van der Waals surface area contributed by atoms with Gasteiger partial charge >= 0.3 is 0 Å². The molecule has 0 saturated heterocycles. The molecule has 0 fully saturated rings. The lowest BCUT2D eigenvalue weighted by molar-refractivity contribution is 0.619. The summed E-state index contributed by atoms with van der Waals surface area (Å²) in [6, 6.07) is 8.52. The lowest BCUT2D eigenvalue weighted by Crippen LogP contribution is -1.99. The molecule has 1 aromatic carbocycles. The predicted octanol–water partition coefficient (Wildman–Crippen LogP) is 3.61. The normalized spacial score (nSPS) is 10.9. The van der Waals surface area contributed by atoms with Crippen LogP contribution in [0.15, 0.2) is 49.1 Å². The topological polar surface area (TPSA) is 79.4 Å². The first-order valence-electron chi connectivity index (χ1n) is 7.35. The van der Waals surface area contributed by atoms with Gasteiger partial charge in [0.15, 0.2) is 5.65 Å². The zero-order chi connectivity index (χ0) is 16.5. The molecule has 24 heavy (non-hydrogen) atoms. The summed E-state index contributed by atoms with van der Waals surface area (Å²) in [4.78, 5) is 20.1. The molecular formula is C17H13FN6. The van der Waals surface area contributed by atoms with Crippen molar-refractivity contribution in [3.05, 3.63) is 60.4 Å². The molecule has 6 nitrogen and oxygen atoms in total. The van der Waals surface area contributed by atoms with Gasteiger partial charge in [0.05, 0.1) is 17.5 Å². The van der Waals surface area contributed by atoms with E-state index in [1.54, 1.807) is 43.8 Å². The Labute approximate surface area is 136 Å². The molecule has 4 rings (SSSR count). The van der Waals surface area contributed by atoms with Gasteiger partial charge in [0.2, 0.25) is 5.95 Å². The minimum Gasteiger partial charge on any atom is -0.343 e. The maximum atomic E-state index is 13.3. The first-order chi connectivity index (χ1) is 11.7. The first-order valence-corrected chi connectivity index (χ1v) is 7.35. The number of benzene rings is 1. The van der Waals surface area contributed by atoms with Crippen LogP contribution in [0.1, 0.15) is 5.56 Å². The van der Waals surface area contributed by atoms with Crippen molar-refractivity contribution in [3.8, 4) is 11.3 Å². The van der Waals surface area contributed by atoms with Crippen LogP contribution < -0.4 is 5.32 Å². The number of aromatic nitrogens is 5. The number of imidazole rings is 1. The maximum absolute atomic E-state index is 13.3. The number of hydrogen-bond acceptors (Lipinski definition) is 5. The summed E-state index contributed by atoms with van der Waals surface area (Å²) in [6.45, 7) is 1.71. The summed E-state index contributed by atoms with van der Waals surface area (Å²) in [5.41, 5.74) is 4.38. The van der Waals surface area contributed by atoms with Crippen molar-refractivity contribution in [2.24, 2.45) is 0 Å². The van der Waals surface area contributed by atoms with Crippen molar-refractivity contribution in [1.82, 2.24) is 24.9 Å². The van der Waals surface area contributed by atoms with Gasteiger partial charge in [-0.25, -0.2) is 24.3 Å². The molecule has 0 unspecified atom stereocenters. The van der Waals surface area contributed by atoms with Crippen molar-refractivity contribution in [2.75, 3.05) is 5.32 Å². The number of nitrogens with one attached hydrogen (secondary N) is 2. The fourth-order valence-electron chi connectivity index (χ4n) is 2.40. The van der Waals surface area contributed by atoms with E-state index < -0.39 is 0 Å². The Morgan fingerprint density at radius 1 is 1.08 bits per heavy atom. The summed E-state index contributed by atoms with van der Waals surface area (Å²) in [5.74, 6) is 0.192. The van der Waals surface area contributed by atoms with E-state index in [-0.39, 0.29) is 5.82 Å². The molecule has 0 aliphatic rings. The van der Waals surface area contributed by atoms with E-state index in [0.717, 1.165) is 22.5 Å². The van der Waals surface area contributed by atoms with Gasteiger partial charge in [0.25, 0.3) is 0 Å². The zero-order valence-electron chi connectivity index (χ0n) is 12.8. The number of fused-ring (bicyclic) bond motifs is 1. The van der Waals surface area contributed by atoms with E-state index in [4.69, 9.17) is 0 Å². The molecule has 3 heterocycles. The number of aromatic amines is 1. The van der Waals surface area contributed by atoms with Crippen LogP contribution in [0.4, 0.5) is 16.0 Å². The summed E-state index contributed by atoms with van der Waals surface area (Å²) >= 11 is 0. The molecule has 0 aliphatic heterocycles. The maximum Gasteiger partial charge on any atom is 0.227 e. The van der Waals surface area contributed by atoms with Crippen LogP contribution in [-0.2, 0) is 0 Å². The van der Waals surface area contributed by atoms with Crippen LogP contribution in [0.5, 0.6) is 0 Å². The van der Waals surface area contributed by atoms with Gasteiger partial charge in [-0.1, -0.05) is 0 Å². The van der Waals surface area contributed by atoms with Crippen LogP contribution in [0.2, 0.25) is 0 Å². The van der Waals surface area contributed by atoms with E-state index in [0.29, 0.717) is 17.2 Å². The van der Waals surface area contributed by atoms with E-state index in [2.05, 4.69) is 30.2 Å². The molecule has 7 heteroatoms. The van der Waals surface area contributed by atoms with E-state index >= 15 is 0 Å². The van der Waals surface area contributed by atoms with Crippen molar-refractivity contribution < 1.29 is 4.39 Å². The van der Waals surface area contributed by atoms with Crippen molar-refractivity contribution in [2.45, 2.75) is 6.92 Å². The number of rotatable bonds is 3. The molecule has 118 valence electrons. The highest BCUT2D eigenvalue weighted by molar-refractivity contribution is 5.76. The lowest BCUT2D eigenvalue weighted by Gasteiger charge is -2.07. The van der Waals surface area contributed by atoms with Crippen LogP contribution in [-0.4, -0.2) is 24.9 Å². The van der Waals surface area contributed by atoms with Gasteiger partial charge in [-0.15, -0.1) is 0 Å². The molecule has 4 aromatic rings. The molecule has 0 saturated carbocycles. The molecule has 0 bridgehead atoms. The number of hydrogen-bond donors (Lipinski definition) is 2. The highest BCUT2D eigenvalue weighted by Crippen LogP contribution is 2.22. The Hall–Kier alpha value is -3.35. The molecule has 3 aromatic heterocycles. The average molecular weight is 320 g/mol. The molecule has 0 radical (unpaired) electrons. The largest absolute Gasteiger partial charge is 0.343 e. The zero-order valence-corrected chi connectivity index (χ0v) is 12.8. The Bertz CT molecular complexity index is 1030.